The fraction of sp³-hybridized carbons (Fsp3) is 0.150. The average molecular weight is 376 g/mol. The quantitative estimate of drug-likeness (QED) is 0.432. The van der Waals surface area contributed by atoms with Gasteiger partial charge in [-0.3, -0.25) is 5.10 Å². The molecule has 0 saturated heterocycles. The number of rotatable bonds is 4. The van der Waals surface area contributed by atoms with Gasteiger partial charge in [-0.2, -0.15) is 5.10 Å². The average Bonchev–Trinajstić information content (AvgIpc) is 3.20. The lowest BCUT2D eigenvalue weighted by Gasteiger charge is -2.05. The third-order valence-corrected chi connectivity index (χ3v) is 4.67. The largest absolute Gasteiger partial charge is 0.336 e. The van der Waals surface area contributed by atoms with Gasteiger partial charge in [0, 0.05) is 17.8 Å². The van der Waals surface area contributed by atoms with E-state index < -0.39 is 0 Å². The minimum atomic E-state index is -0.300. The smallest absolute Gasteiger partial charge is 0.319 e. The van der Waals surface area contributed by atoms with Crippen LogP contribution in [-0.2, 0) is 0 Å². The maximum absolute atomic E-state index is 13.7. The van der Waals surface area contributed by atoms with Crippen molar-refractivity contribution < 1.29 is 9.18 Å². The molecule has 1 fully saturated rings. The monoisotopic (exact) mass is 376 g/mol. The Labute approximate surface area is 159 Å². The fourth-order valence-corrected chi connectivity index (χ4v) is 3.17. The molecule has 2 aromatic carbocycles. The van der Waals surface area contributed by atoms with E-state index in [1.165, 1.54) is 12.1 Å². The van der Waals surface area contributed by atoms with Crippen molar-refractivity contribution in [1.82, 2.24) is 25.5 Å². The molecule has 0 radical (unpaired) electrons. The Morgan fingerprint density at radius 3 is 2.86 bits per heavy atom. The first kappa shape index (κ1) is 16.5. The van der Waals surface area contributed by atoms with Crippen molar-refractivity contribution in [3.8, 4) is 22.6 Å². The first-order valence-electron chi connectivity index (χ1n) is 9.04. The number of imidazole rings is 1. The lowest BCUT2D eigenvalue weighted by Crippen LogP contribution is -2.30. The molecule has 7 nitrogen and oxygen atoms in total. The number of hydrogen-bond donors (Lipinski definition) is 4. The van der Waals surface area contributed by atoms with E-state index >= 15 is 0 Å². The maximum atomic E-state index is 13.7. The minimum absolute atomic E-state index is 0.260. The second kappa shape index (κ2) is 6.49. The lowest BCUT2D eigenvalue weighted by molar-refractivity contribution is 0.251. The van der Waals surface area contributed by atoms with Gasteiger partial charge in [-0.1, -0.05) is 24.3 Å². The molecule has 28 heavy (non-hydrogen) atoms. The van der Waals surface area contributed by atoms with E-state index in [0.717, 1.165) is 29.5 Å². The molecular weight excluding hydrogens is 359 g/mol. The SMILES string of the molecule is O=C(Nc1c[nH]nc1-c1nc2c(-c3cccc(F)c3)cccc2[nH]1)NC1CC1. The minimum Gasteiger partial charge on any atom is -0.336 e. The molecule has 0 atom stereocenters. The zero-order valence-electron chi connectivity index (χ0n) is 14.8. The zero-order chi connectivity index (χ0) is 19.1. The van der Waals surface area contributed by atoms with Gasteiger partial charge in [-0.25, -0.2) is 14.2 Å². The summed E-state index contributed by atoms with van der Waals surface area (Å²) in [5, 5.41) is 12.7. The summed E-state index contributed by atoms with van der Waals surface area (Å²) in [7, 11) is 0. The summed E-state index contributed by atoms with van der Waals surface area (Å²) >= 11 is 0. The van der Waals surface area contributed by atoms with Crippen molar-refractivity contribution in [3.05, 3.63) is 54.5 Å². The number of para-hydroxylation sites is 1. The lowest BCUT2D eigenvalue weighted by atomic mass is 10.0. The van der Waals surface area contributed by atoms with Crippen molar-refractivity contribution >= 4 is 22.8 Å². The summed E-state index contributed by atoms with van der Waals surface area (Å²) in [4.78, 5) is 20.0. The number of halogens is 1. The molecule has 4 N–H and O–H groups in total. The number of nitrogens with zero attached hydrogens (tertiary/aromatic N) is 2. The van der Waals surface area contributed by atoms with Crippen molar-refractivity contribution in [3.63, 3.8) is 0 Å². The van der Waals surface area contributed by atoms with Gasteiger partial charge in [0.25, 0.3) is 0 Å². The number of hydrogen-bond acceptors (Lipinski definition) is 3. The number of aromatic nitrogens is 4. The van der Waals surface area contributed by atoms with Gasteiger partial charge in [0.15, 0.2) is 11.5 Å². The second-order valence-electron chi connectivity index (χ2n) is 6.82. The predicted octanol–water partition coefficient (Wildman–Crippen LogP) is 4.04. The van der Waals surface area contributed by atoms with Gasteiger partial charge in [-0.15, -0.1) is 0 Å². The Hall–Kier alpha value is -3.68. The van der Waals surface area contributed by atoms with Crippen molar-refractivity contribution in [2.75, 3.05) is 5.32 Å². The van der Waals surface area contributed by atoms with Crippen LogP contribution in [0.2, 0.25) is 0 Å². The van der Waals surface area contributed by atoms with Crippen molar-refractivity contribution in [2.45, 2.75) is 18.9 Å². The Bertz CT molecular complexity index is 1180. The number of amides is 2. The zero-order valence-corrected chi connectivity index (χ0v) is 14.8. The highest BCUT2D eigenvalue weighted by molar-refractivity contribution is 5.96. The summed E-state index contributed by atoms with van der Waals surface area (Å²) in [5.41, 5.74) is 4.10. The van der Waals surface area contributed by atoms with E-state index in [4.69, 9.17) is 0 Å². The first-order chi connectivity index (χ1) is 13.7. The Balaban J connectivity index is 1.52. The van der Waals surface area contributed by atoms with E-state index in [1.807, 2.05) is 24.3 Å². The summed E-state index contributed by atoms with van der Waals surface area (Å²) in [5.74, 6) is 0.215. The number of H-pyrrole nitrogens is 2. The number of benzene rings is 2. The van der Waals surface area contributed by atoms with E-state index in [1.54, 1.807) is 12.3 Å². The summed E-state index contributed by atoms with van der Waals surface area (Å²) < 4.78 is 13.7. The first-order valence-corrected chi connectivity index (χ1v) is 9.04. The molecule has 4 aromatic rings. The molecule has 0 bridgehead atoms. The van der Waals surface area contributed by atoms with Gasteiger partial charge >= 0.3 is 6.03 Å². The van der Waals surface area contributed by atoms with Crippen LogP contribution in [0.1, 0.15) is 12.8 Å². The number of urea groups is 1. The van der Waals surface area contributed by atoms with Crippen LogP contribution in [0.4, 0.5) is 14.9 Å². The highest BCUT2D eigenvalue weighted by Gasteiger charge is 2.24. The topological polar surface area (TPSA) is 98.5 Å². The molecule has 140 valence electrons. The number of fused-ring (bicyclic) bond motifs is 1. The van der Waals surface area contributed by atoms with Gasteiger partial charge in [-0.05, 0) is 36.6 Å². The molecule has 1 saturated carbocycles. The molecule has 0 spiro atoms. The van der Waals surface area contributed by atoms with Crippen LogP contribution in [0.3, 0.4) is 0 Å². The molecule has 2 heterocycles. The van der Waals surface area contributed by atoms with Gasteiger partial charge in [0.1, 0.15) is 5.82 Å². The van der Waals surface area contributed by atoms with Crippen molar-refractivity contribution in [1.29, 1.82) is 0 Å². The van der Waals surface area contributed by atoms with Crippen LogP contribution in [0.5, 0.6) is 0 Å². The van der Waals surface area contributed by atoms with Crippen LogP contribution < -0.4 is 10.6 Å². The van der Waals surface area contributed by atoms with Crippen LogP contribution in [0.25, 0.3) is 33.7 Å². The Morgan fingerprint density at radius 1 is 1.18 bits per heavy atom. The number of anilines is 1. The van der Waals surface area contributed by atoms with E-state index in [0.29, 0.717) is 22.7 Å². The Kier molecular flexibility index (Phi) is 3.82. The van der Waals surface area contributed by atoms with Crippen LogP contribution >= 0.6 is 0 Å². The maximum Gasteiger partial charge on any atom is 0.319 e. The molecule has 0 aliphatic heterocycles. The van der Waals surface area contributed by atoms with Crippen LogP contribution in [-0.4, -0.2) is 32.2 Å². The molecule has 8 heteroatoms. The van der Waals surface area contributed by atoms with E-state index in [2.05, 4.69) is 30.8 Å². The third-order valence-electron chi connectivity index (χ3n) is 4.67. The predicted molar refractivity (Wildman–Crippen MR) is 104 cm³/mol. The van der Waals surface area contributed by atoms with Gasteiger partial charge in [0.2, 0.25) is 0 Å². The highest BCUT2D eigenvalue weighted by atomic mass is 19.1. The normalized spacial score (nSPS) is 13.6. The summed E-state index contributed by atoms with van der Waals surface area (Å²) in [6, 6.07) is 12.1. The molecule has 5 rings (SSSR count). The van der Waals surface area contributed by atoms with Gasteiger partial charge in [0.05, 0.1) is 16.7 Å². The second-order valence-corrected chi connectivity index (χ2v) is 6.82. The molecule has 1 aliphatic rings. The van der Waals surface area contributed by atoms with E-state index in [9.17, 15) is 9.18 Å². The number of aromatic amines is 2. The highest BCUT2D eigenvalue weighted by Crippen LogP contribution is 2.31. The molecule has 0 unspecified atom stereocenters. The number of carbonyl (C=O) groups is 1. The third kappa shape index (κ3) is 3.09. The summed E-state index contributed by atoms with van der Waals surface area (Å²) in [6.45, 7) is 0. The van der Waals surface area contributed by atoms with E-state index in [-0.39, 0.29) is 17.9 Å². The molecular formula is C20H17FN6O. The molecule has 1 aliphatic carbocycles. The fourth-order valence-electron chi connectivity index (χ4n) is 3.17. The Morgan fingerprint density at radius 2 is 2.04 bits per heavy atom. The molecule has 2 aromatic heterocycles. The molecule has 2 amide bonds. The van der Waals surface area contributed by atoms with Gasteiger partial charge < -0.3 is 15.6 Å². The number of nitrogens with one attached hydrogen (secondary N) is 4. The standard InChI is InChI=1S/C20H17FN6O/c21-12-4-1-3-11(9-12)14-5-2-6-15-17(14)26-19(24-15)18-16(10-22-27-18)25-20(28)23-13-7-8-13/h1-6,9-10,13H,7-8H2,(H,22,27)(H,24,26)(H2,23,25,28). The number of carbonyl (C=O) groups excluding carboxylic acids is 1. The van der Waals surface area contributed by atoms with Crippen molar-refractivity contribution in [2.24, 2.45) is 0 Å². The van der Waals surface area contributed by atoms with Crippen LogP contribution in [0, 0.1) is 5.82 Å². The van der Waals surface area contributed by atoms with Crippen LogP contribution in [0.15, 0.2) is 48.7 Å². The summed E-state index contributed by atoms with van der Waals surface area (Å²) in [6.07, 6.45) is 3.64.